The number of nitrogens with two attached hydrogens (primary N) is 1. The number of aliphatic hydroxyl groups is 1. The van der Waals surface area contributed by atoms with Gasteiger partial charge in [-0.05, 0) is 19.9 Å². The van der Waals surface area contributed by atoms with E-state index in [4.69, 9.17) is 15.2 Å². The van der Waals surface area contributed by atoms with Crippen molar-refractivity contribution in [3.63, 3.8) is 0 Å². The third-order valence-electron chi connectivity index (χ3n) is 2.36. The van der Waals surface area contributed by atoms with E-state index in [-0.39, 0.29) is 24.6 Å². The molecule has 0 aliphatic rings. The zero-order valence-electron chi connectivity index (χ0n) is 11.2. The molecule has 0 aliphatic carbocycles. The number of ether oxygens (including phenoxy) is 2. The predicted molar refractivity (Wildman–Crippen MR) is 69.3 cm³/mol. The lowest BCUT2D eigenvalue weighted by atomic mass is 10.1. The molecule has 0 heterocycles. The number of benzene rings is 1. The highest BCUT2D eigenvalue weighted by Crippen LogP contribution is 2.34. The summed E-state index contributed by atoms with van der Waals surface area (Å²) in [4.78, 5) is 10.4. The van der Waals surface area contributed by atoms with Gasteiger partial charge in [-0.15, -0.1) is 0 Å². The fourth-order valence-corrected chi connectivity index (χ4v) is 1.45. The Morgan fingerprint density at radius 2 is 2.05 bits per heavy atom. The Kier molecular flexibility index (Phi) is 4.68. The van der Waals surface area contributed by atoms with Crippen LogP contribution in [0.1, 0.15) is 19.4 Å². The lowest BCUT2D eigenvalue weighted by molar-refractivity contribution is -0.385. The molecule has 0 bridgehead atoms. The molecule has 1 aromatic rings. The molecule has 7 heteroatoms. The van der Waals surface area contributed by atoms with Crippen molar-refractivity contribution in [2.45, 2.75) is 26.0 Å². The van der Waals surface area contributed by atoms with Crippen molar-refractivity contribution in [1.29, 1.82) is 0 Å². The summed E-state index contributed by atoms with van der Waals surface area (Å²) in [6.45, 7) is 3.16. The molecule has 7 nitrogen and oxygen atoms in total. The van der Waals surface area contributed by atoms with Gasteiger partial charge >= 0.3 is 0 Å². The van der Waals surface area contributed by atoms with Crippen LogP contribution in [-0.2, 0) is 6.54 Å². The maximum absolute atomic E-state index is 10.9. The van der Waals surface area contributed by atoms with Crippen molar-refractivity contribution < 1.29 is 19.5 Å². The molecule has 0 unspecified atom stereocenters. The second-order valence-electron chi connectivity index (χ2n) is 4.69. The third-order valence-corrected chi connectivity index (χ3v) is 2.36. The Balaban J connectivity index is 3.15. The lowest BCUT2D eigenvalue weighted by Gasteiger charge is -2.19. The first-order chi connectivity index (χ1) is 8.78. The maximum Gasteiger partial charge on any atom is 0.277 e. The van der Waals surface area contributed by atoms with E-state index < -0.39 is 10.5 Å². The van der Waals surface area contributed by atoms with E-state index in [1.165, 1.54) is 19.2 Å². The quantitative estimate of drug-likeness (QED) is 0.594. The topological polar surface area (TPSA) is 108 Å². The first kappa shape index (κ1) is 15.2. The van der Waals surface area contributed by atoms with Gasteiger partial charge in [-0.3, -0.25) is 10.1 Å². The van der Waals surface area contributed by atoms with Crippen LogP contribution in [-0.4, -0.2) is 29.3 Å². The summed E-state index contributed by atoms with van der Waals surface area (Å²) in [7, 11) is 1.43. The summed E-state index contributed by atoms with van der Waals surface area (Å²) in [5.41, 5.74) is 4.64. The van der Waals surface area contributed by atoms with Gasteiger partial charge in [0.2, 0.25) is 0 Å². The van der Waals surface area contributed by atoms with Gasteiger partial charge in [-0.1, -0.05) is 0 Å². The molecule has 0 fully saturated rings. The summed E-state index contributed by atoms with van der Waals surface area (Å²) >= 11 is 0. The number of nitro benzene ring substituents is 1. The Morgan fingerprint density at radius 1 is 1.42 bits per heavy atom. The van der Waals surface area contributed by atoms with Crippen LogP contribution in [0, 0.1) is 10.1 Å². The predicted octanol–water partition coefficient (Wildman–Crippen LogP) is 1.21. The van der Waals surface area contributed by atoms with E-state index in [9.17, 15) is 15.2 Å². The summed E-state index contributed by atoms with van der Waals surface area (Å²) < 4.78 is 10.5. The number of hydrogen-bond donors (Lipinski definition) is 2. The summed E-state index contributed by atoms with van der Waals surface area (Å²) in [5, 5.41) is 20.5. The summed E-state index contributed by atoms with van der Waals surface area (Å²) in [6.07, 6.45) is 0. The molecular weight excluding hydrogens is 252 g/mol. The van der Waals surface area contributed by atoms with E-state index in [1.54, 1.807) is 13.8 Å². The fraction of sp³-hybridized carbons (Fsp3) is 0.500. The monoisotopic (exact) mass is 270 g/mol. The van der Waals surface area contributed by atoms with Crippen molar-refractivity contribution in [3.8, 4) is 11.5 Å². The maximum atomic E-state index is 10.9. The van der Waals surface area contributed by atoms with Gasteiger partial charge in [0, 0.05) is 12.1 Å². The lowest BCUT2D eigenvalue weighted by Crippen LogP contribution is -2.28. The molecule has 0 spiro atoms. The Hall–Kier alpha value is -1.86. The van der Waals surface area contributed by atoms with Crippen molar-refractivity contribution in [2.75, 3.05) is 13.7 Å². The van der Waals surface area contributed by atoms with Crippen LogP contribution in [0.5, 0.6) is 11.5 Å². The van der Waals surface area contributed by atoms with E-state index in [0.29, 0.717) is 11.3 Å². The Bertz CT molecular complexity index is 468. The molecule has 0 aliphatic heterocycles. The van der Waals surface area contributed by atoms with Crippen LogP contribution < -0.4 is 15.2 Å². The van der Waals surface area contributed by atoms with Crippen molar-refractivity contribution in [3.05, 3.63) is 27.8 Å². The van der Waals surface area contributed by atoms with Gasteiger partial charge in [0.25, 0.3) is 5.69 Å². The molecule has 0 saturated carbocycles. The molecule has 0 aromatic heterocycles. The average Bonchev–Trinajstić information content (AvgIpc) is 2.34. The van der Waals surface area contributed by atoms with E-state index in [2.05, 4.69) is 0 Å². The normalized spacial score (nSPS) is 11.2. The molecular formula is C12H18N2O5. The highest BCUT2D eigenvalue weighted by Gasteiger charge is 2.21. The van der Waals surface area contributed by atoms with Crippen LogP contribution in [0.4, 0.5) is 5.69 Å². The second kappa shape index (κ2) is 5.85. The van der Waals surface area contributed by atoms with E-state index in [0.717, 1.165) is 0 Å². The SMILES string of the molecule is COc1cc(CN)c([N+](=O)[O-])cc1OCC(C)(C)O. The van der Waals surface area contributed by atoms with Crippen LogP contribution >= 0.6 is 0 Å². The molecule has 3 N–H and O–H groups in total. The number of nitrogens with zero attached hydrogens (tertiary/aromatic N) is 1. The summed E-state index contributed by atoms with van der Waals surface area (Å²) in [5.74, 6) is 0.545. The minimum Gasteiger partial charge on any atom is -0.493 e. The van der Waals surface area contributed by atoms with Crippen molar-refractivity contribution in [2.24, 2.45) is 5.73 Å². The fourth-order valence-electron chi connectivity index (χ4n) is 1.45. The van der Waals surface area contributed by atoms with E-state index >= 15 is 0 Å². The minimum atomic E-state index is -1.05. The second-order valence-corrected chi connectivity index (χ2v) is 4.69. The van der Waals surface area contributed by atoms with Crippen molar-refractivity contribution >= 4 is 5.69 Å². The number of methoxy groups -OCH3 is 1. The Labute approximate surface area is 111 Å². The molecule has 0 radical (unpaired) electrons. The van der Waals surface area contributed by atoms with Gasteiger partial charge in [0.05, 0.1) is 23.7 Å². The number of nitro groups is 1. The zero-order chi connectivity index (χ0) is 14.6. The number of rotatable bonds is 6. The van der Waals surface area contributed by atoms with Crippen LogP contribution in [0.15, 0.2) is 12.1 Å². The van der Waals surface area contributed by atoms with Crippen LogP contribution in [0.3, 0.4) is 0 Å². The zero-order valence-corrected chi connectivity index (χ0v) is 11.2. The van der Waals surface area contributed by atoms with Crippen LogP contribution in [0.25, 0.3) is 0 Å². The van der Waals surface area contributed by atoms with Gasteiger partial charge in [-0.25, -0.2) is 0 Å². The molecule has 0 saturated heterocycles. The third kappa shape index (κ3) is 4.08. The summed E-state index contributed by atoms with van der Waals surface area (Å²) in [6, 6.07) is 2.73. The molecule has 1 aromatic carbocycles. The molecule has 1 rings (SSSR count). The molecule has 0 atom stereocenters. The highest BCUT2D eigenvalue weighted by atomic mass is 16.6. The van der Waals surface area contributed by atoms with Gasteiger partial charge in [-0.2, -0.15) is 0 Å². The minimum absolute atomic E-state index is 0.0114. The Morgan fingerprint density at radius 3 is 2.47 bits per heavy atom. The first-order valence-electron chi connectivity index (χ1n) is 5.69. The molecule has 19 heavy (non-hydrogen) atoms. The van der Waals surface area contributed by atoms with Gasteiger partial charge < -0.3 is 20.3 Å². The molecule has 106 valence electrons. The van der Waals surface area contributed by atoms with Gasteiger partial charge in [0.15, 0.2) is 11.5 Å². The highest BCUT2D eigenvalue weighted by molar-refractivity contribution is 5.54. The largest absolute Gasteiger partial charge is 0.493 e. The number of hydrogen-bond acceptors (Lipinski definition) is 6. The van der Waals surface area contributed by atoms with E-state index in [1.807, 2.05) is 0 Å². The standard InChI is InChI=1S/C12H18N2O5/c1-12(2,15)7-19-11-5-9(14(16)17)8(6-13)4-10(11)18-3/h4-5,15H,6-7,13H2,1-3H3. The molecule has 0 amide bonds. The smallest absolute Gasteiger partial charge is 0.277 e. The first-order valence-corrected chi connectivity index (χ1v) is 5.69. The average molecular weight is 270 g/mol. The van der Waals surface area contributed by atoms with Crippen LogP contribution in [0.2, 0.25) is 0 Å². The van der Waals surface area contributed by atoms with Gasteiger partial charge in [0.1, 0.15) is 6.61 Å². The van der Waals surface area contributed by atoms with Crippen molar-refractivity contribution in [1.82, 2.24) is 0 Å².